The molecular weight excluding hydrogens is 158 g/mol. The van der Waals surface area contributed by atoms with Crippen LogP contribution in [0.4, 0.5) is 0 Å². The van der Waals surface area contributed by atoms with Crippen molar-refractivity contribution in [3.63, 3.8) is 0 Å². The zero-order valence-corrected chi connectivity index (χ0v) is 7.58. The topological polar surface area (TPSA) is 38.5 Å². The third-order valence-corrected chi connectivity index (χ3v) is 1.86. The molecule has 70 valence electrons. The van der Waals surface area contributed by atoms with Crippen molar-refractivity contribution in [3.05, 3.63) is 0 Å². The molecule has 0 bridgehead atoms. The van der Waals surface area contributed by atoms with Crippen molar-refractivity contribution in [3.8, 4) is 0 Å². The third kappa shape index (κ3) is 2.46. The summed E-state index contributed by atoms with van der Waals surface area (Å²) in [5.41, 5.74) is 0. The van der Waals surface area contributed by atoms with Crippen molar-refractivity contribution < 1.29 is 14.3 Å². The van der Waals surface area contributed by atoms with Gasteiger partial charge in [0.25, 0.3) is 0 Å². The molecule has 0 saturated carbocycles. The fraction of sp³-hybridized carbons (Fsp3) is 0.875. The number of nitrogens with zero attached hydrogens (tertiary/aromatic N) is 1. The van der Waals surface area contributed by atoms with Gasteiger partial charge in [-0.1, -0.05) is 0 Å². The lowest BCUT2D eigenvalue weighted by Crippen LogP contribution is -2.18. The van der Waals surface area contributed by atoms with E-state index < -0.39 is 0 Å². The summed E-state index contributed by atoms with van der Waals surface area (Å²) in [4.78, 5) is 13.1. The van der Waals surface area contributed by atoms with Crippen molar-refractivity contribution in [2.24, 2.45) is 0 Å². The minimum atomic E-state index is -0.103. The van der Waals surface area contributed by atoms with Crippen molar-refractivity contribution in [1.29, 1.82) is 0 Å². The normalized spacial score (nSPS) is 26.8. The smallest absolute Gasteiger partial charge is 0.324 e. The Hall–Kier alpha value is -0.610. The van der Waals surface area contributed by atoms with E-state index in [-0.39, 0.29) is 12.0 Å². The summed E-state index contributed by atoms with van der Waals surface area (Å²) in [6.45, 7) is 4.60. The molecule has 2 unspecified atom stereocenters. The lowest BCUT2D eigenvalue weighted by atomic mass is 10.5. The van der Waals surface area contributed by atoms with E-state index in [1.165, 1.54) is 0 Å². The molecule has 0 radical (unpaired) electrons. The Bertz CT molecular complexity index is 160. The minimum absolute atomic E-state index is 0.0000926. The molecule has 0 aliphatic carbocycles. The van der Waals surface area contributed by atoms with Gasteiger partial charge in [0.05, 0.1) is 13.2 Å². The SMILES string of the molecule is CCOC(=O)C1CN1CCOC. The number of carbonyl (C=O) groups is 1. The van der Waals surface area contributed by atoms with E-state index in [1.807, 2.05) is 11.8 Å². The van der Waals surface area contributed by atoms with Crippen LogP contribution in [-0.2, 0) is 14.3 Å². The van der Waals surface area contributed by atoms with Crippen LogP contribution in [0.2, 0.25) is 0 Å². The molecule has 0 aromatic heterocycles. The van der Waals surface area contributed by atoms with Crippen molar-refractivity contribution in [2.75, 3.05) is 33.4 Å². The van der Waals surface area contributed by atoms with Gasteiger partial charge in [0.15, 0.2) is 0 Å². The number of hydrogen-bond donors (Lipinski definition) is 0. The maximum Gasteiger partial charge on any atom is 0.324 e. The maximum atomic E-state index is 11.1. The van der Waals surface area contributed by atoms with Crippen LogP contribution in [0.15, 0.2) is 0 Å². The van der Waals surface area contributed by atoms with Gasteiger partial charge in [-0.05, 0) is 6.92 Å². The predicted molar refractivity (Wildman–Crippen MR) is 43.9 cm³/mol. The van der Waals surface area contributed by atoms with E-state index in [0.29, 0.717) is 13.2 Å². The van der Waals surface area contributed by atoms with E-state index >= 15 is 0 Å². The molecule has 0 aromatic rings. The lowest BCUT2D eigenvalue weighted by Gasteiger charge is -2.02. The molecule has 2 atom stereocenters. The zero-order valence-electron chi connectivity index (χ0n) is 7.58. The number of hydrogen-bond acceptors (Lipinski definition) is 4. The van der Waals surface area contributed by atoms with Crippen molar-refractivity contribution in [1.82, 2.24) is 4.90 Å². The summed E-state index contributed by atoms with van der Waals surface area (Å²) in [5.74, 6) is -0.103. The van der Waals surface area contributed by atoms with E-state index in [2.05, 4.69) is 0 Å². The molecule has 1 fully saturated rings. The van der Waals surface area contributed by atoms with E-state index in [9.17, 15) is 4.79 Å². The number of esters is 1. The Morgan fingerprint density at radius 2 is 2.42 bits per heavy atom. The molecule has 4 heteroatoms. The first-order valence-electron chi connectivity index (χ1n) is 4.19. The van der Waals surface area contributed by atoms with Gasteiger partial charge in [-0.3, -0.25) is 9.69 Å². The lowest BCUT2D eigenvalue weighted by molar-refractivity contribution is -0.143. The molecule has 1 aliphatic rings. The predicted octanol–water partition coefficient (Wildman–Crippen LogP) is -0.120. The highest BCUT2D eigenvalue weighted by Gasteiger charge is 2.40. The molecule has 1 rings (SSSR count). The summed E-state index contributed by atoms with van der Waals surface area (Å²) in [7, 11) is 1.66. The van der Waals surface area contributed by atoms with Crippen molar-refractivity contribution >= 4 is 5.97 Å². The molecular formula is C8H15NO3. The average Bonchev–Trinajstić information content (AvgIpc) is 2.80. The molecule has 12 heavy (non-hydrogen) atoms. The summed E-state index contributed by atoms with van der Waals surface area (Å²) >= 11 is 0. The van der Waals surface area contributed by atoms with Gasteiger partial charge in [0.1, 0.15) is 6.04 Å². The molecule has 1 heterocycles. The fourth-order valence-corrected chi connectivity index (χ4v) is 1.09. The maximum absolute atomic E-state index is 11.1. The summed E-state index contributed by atoms with van der Waals surface area (Å²) in [6, 6.07) is 0.0000926. The highest BCUT2D eigenvalue weighted by molar-refractivity contribution is 5.79. The number of ether oxygens (including phenoxy) is 2. The second kappa shape index (κ2) is 4.42. The quantitative estimate of drug-likeness (QED) is 0.429. The highest BCUT2D eigenvalue weighted by atomic mass is 16.5. The first-order chi connectivity index (χ1) is 5.79. The molecule has 1 saturated heterocycles. The first-order valence-corrected chi connectivity index (χ1v) is 4.19. The highest BCUT2D eigenvalue weighted by Crippen LogP contribution is 2.17. The monoisotopic (exact) mass is 173 g/mol. The Balaban J connectivity index is 2.10. The molecule has 1 aliphatic heterocycles. The number of methoxy groups -OCH3 is 1. The van der Waals surface area contributed by atoms with Crippen LogP contribution < -0.4 is 0 Å². The van der Waals surface area contributed by atoms with Crippen LogP contribution in [0.1, 0.15) is 6.92 Å². The molecule has 0 spiro atoms. The molecule has 0 amide bonds. The third-order valence-electron chi connectivity index (χ3n) is 1.86. The van der Waals surface area contributed by atoms with E-state index in [4.69, 9.17) is 9.47 Å². The van der Waals surface area contributed by atoms with Gasteiger partial charge in [-0.25, -0.2) is 0 Å². The fourth-order valence-electron chi connectivity index (χ4n) is 1.09. The molecule has 0 aromatic carbocycles. The average molecular weight is 173 g/mol. The van der Waals surface area contributed by atoms with Gasteiger partial charge < -0.3 is 9.47 Å². The van der Waals surface area contributed by atoms with Crippen LogP contribution in [0.25, 0.3) is 0 Å². The van der Waals surface area contributed by atoms with Gasteiger partial charge in [0.2, 0.25) is 0 Å². The number of rotatable bonds is 5. The second-order valence-corrected chi connectivity index (χ2v) is 2.76. The Morgan fingerprint density at radius 1 is 1.67 bits per heavy atom. The summed E-state index contributed by atoms with van der Waals surface area (Å²) < 4.78 is 9.74. The number of carbonyl (C=O) groups excluding carboxylic acids is 1. The van der Waals surface area contributed by atoms with Gasteiger partial charge in [0, 0.05) is 20.2 Å². The molecule has 0 N–H and O–H groups in total. The largest absolute Gasteiger partial charge is 0.465 e. The van der Waals surface area contributed by atoms with Crippen LogP contribution >= 0.6 is 0 Å². The zero-order chi connectivity index (χ0) is 8.97. The van der Waals surface area contributed by atoms with Crippen LogP contribution in [0, 0.1) is 0 Å². The molecule has 4 nitrogen and oxygen atoms in total. The Kier molecular flexibility index (Phi) is 3.49. The standard InChI is InChI=1S/C8H15NO3/c1-3-12-8(10)7-6-9(7)4-5-11-2/h7H,3-6H2,1-2H3. The van der Waals surface area contributed by atoms with E-state index in [1.54, 1.807) is 7.11 Å². The Morgan fingerprint density at radius 3 is 3.00 bits per heavy atom. The first kappa shape index (κ1) is 9.48. The van der Waals surface area contributed by atoms with Gasteiger partial charge in [-0.15, -0.1) is 0 Å². The van der Waals surface area contributed by atoms with Gasteiger partial charge in [-0.2, -0.15) is 0 Å². The van der Waals surface area contributed by atoms with Crippen LogP contribution in [0.5, 0.6) is 0 Å². The Labute approximate surface area is 72.4 Å². The van der Waals surface area contributed by atoms with Gasteiger partial charge >= 0.3 is 5.97 Å². The van der Waals surface area contributed by atoms with Crippen LogP contribution in [-0.4, -0.2) is 50.3 Å². The summed E-state index contributed by atoms with van der Waals surface area (Å²) in [6.07, 6.45) is 0. The minimum Gasteiger partial charge on any atom is -0.465 e. The van der Waals surface area contributed by atoms with Crippen LogP contribution in [0.3, 0.4) is 0 Å². The summed E-state index contributed by atoms with van der Waals surface area (Å²) in [5, 5.41) is 0. The van der Waals surface area contributed by atoms with E-state index in [0.717, 1.165) is 13.1 Å². The second-order valence-electron chi connectivity index (χ2n) is 2.76. The van der Waals surface area contributed by atoms with Crippen molar-refractivity contribution in [2.45, 2.75) is 13.0 Å².